The van der Waals surface area contributed by atoms with Gasteiger partial charge in [-0.15, -0.1) is 23.1 Å². The molecule has 1 aromatic heterocycles. The van der Waals surface area contributed by atoms with Gasteiger partial charge >= 0.3 is 0 Å². The molecule has 0 N–H and O–H groups in total. The Labute approximate surface area is 179 Å². The number of Topliss-reactive ketones (excluding diaryl/α,β-unsaturated/α-hetero) is 1. The highest BCUT2D eigenvalue weighted by molar-refractivity contribution is 8.00. The van der Waals surface area contributed by atoms with Crippen molar-refractivity contribution in [3.05, 3.63) is 63.1 Å². The highest BCUT2D eigenvalue weighted by atomic mass is 35.5. The molecule has 28 heavy (non-hydrogen) atoms. The van der Waals surface area contributed by atoms with Gasteiger partial charge in [0.05, 0.1) is 9.09 Å². The van der Waals surface area contributed by atoms with Crippen molar-refractivity contribution in [3.8, 4) is 0 Å². The van der Waals surface area contributed by atoms with Gasteiger partial charge in [-0.05, 0) is 35.1 Å². The van der Waals surface area contributed by atoms with E-state index < -0.39 is 0 Å². The van der Waals surface area contributed by atoms with Crippen molar-refractivity contribution in [2.75, 3.05) is 14.1 Å². The second-order valence-electron chi connectivity index (χ2n) is 8.07. The van der Waals surface area contributed by atoms with Crippen LogP contribution in [0, 0.1) is 5.41 Å². The van der Waals surface area contributed by atoms with E-state index in [1.165, 1.54) is 11.3 Å². The third-order valence-corrected chi connectivity index (χ3v) is 7.42. The Kier molecular flexibility index (Phi) is 6.37. The Hall–Kier alpha value is -1.56. The largest absolute Gasteiger partial charge is 0.383 e. The molecule has 1 aromatic carbocycles. The van der Waals surface area contributed by atoms with Gasteiger partial charge in [-0.1, -0.05) is 37.6 Å². The van der Waals surface area contributed by atoms with Crippen LogP contribution in [0.3, 0.4) is 0 Å². The zero-order valence-electron chi connectivity index (χ0n) is 16.5. The number of allylic oxidation sites excluding steroid dienone is 1. The van der Waals surface area contributed by atoms with E-state index >= 15 is 0 Å². The van der Waals surface area contributed by atoms with Gasteiger partial charge in [-0.3, -0.25) is 9.59 Å². The number of thioether (sulfide) groups is 1. The average Bonchev–Trinajstić information content (AvgIpc) is 2.96. The summed E-state index contributed by atoms with van der Waals surface area (Å²) in [4.78, 5) is 28.3. The van der Waals surface area contributed by atoms with E-state index in [1.54, 1.807) is 24.0 Å². The molecule has 0 spiro atoms. The van der Waals surface area contributed by atoms with Crippen LogP contribution in [0.2, 0.25) is 5.02 Å². The summed E-state index contributed by atoms with van der Waals surface area (Å²) in [5.41, 5.74) is 2.72. The molecule has 0 aliphatic heterocycles. The van der Waals surface area contributed by atoms with E-state index in [-0.39, 0.29) is 17.0 Å². The maximum Gasteiger partial charge on any atom is 0.197 e. The number of carbonyl (C=O) groups is 2. The van der Waals surface area contributed by atoms with Crippen LogP contribution in [0.25, 0.3) is 0 Å². The standard InChI is InChI=1S/C22H24ClNO2S2/c1-22(2)11-16-19(18(26)12-22)21(27-13-14-5-7-15(23)8-6-14)28-20(16)17(25)9-10-24(3)4/h5-10H,11-13H2,1-4H3/b10-9+. The molecule has 0 amide bonds. The van der Waals surface area contributed by atoms with Crippen LogP contribution in [0.15, 0.2) is 40.8 Å². The van der Waals surface area contributed by atoms with E-state index in [1.807, 2.05) is 43.3 Å². The summed E-state index contributed by atoms with van der Waals surface area (Å²) in [6, 6.07) is 7.73. The van der Waals surface area contributed by atoms with Crippen LogP contribution in [0.4, 0.5) is 0 Å². The minimum absolute atomic E-state index is 0.0289. The van der Waals surface area contributed by atoms with Crippen molar-refractivity contribution in [3.63, 3.8) is 0 Å². The van der Waals surface area contributed by atoms with Crippen LogP contribution in [0.5, 0.6) is 0 Å². The second kappa shape index (κ2) is 8.44. The Morgan fingerprint density at radius 1 is 1.25 bits per heavy atom. The zero-order valence-corrected chi connectivity index (χ0v) is 18.9. The quantitative estimate of drug-likeness (QED) is 0.313. The van der Waals surface area contributed by atoms with Crippen molar-refractivity contribution >= 4 is 46.3 Å². The summed E-state index contributed by atoms with van der Waals surface area (Å²) in [5, 5.41) is 0.709. The predicted octanol–water partition coefficient (Wildman–Crippen LogP) is 6.11. The molecule has 0 saturated carbocycles. The highest BCUT2D eigenvalue weighted by Crippen LogP contribution is 2.46. The van der Waals surface area contributed by atoms with E-state index in [2.05, 4.69) is 13.8 Å². The molecule has 1 aliphatic rings. The summed E-state index contributed by atoms with van der Waals surface area (Å²) in [6.45, 7) is 4.19. The molecule has 1 heterocycles. The SMILES string of the molecule is CN(C)/C=C/C(=O)c1sc(SCc2ccc(Cl)cc2)c2c1CC(C)(C)CC2=O. The molecular weight excluding hydrogens is 410 g/mol. The first-order valence-corrected chi connectivity index (χ1v) is 11.3. The van der Waals surface area contributed by atoms with Gasteiger partial charge in [-0.25, -0.2) is 0 Å². The summed E-state index contributed by atoms with van der Waals surface area (Å²) in [5.74, 6) is 0.859. The third-order valence-electron chi connectivity index (χ3n) is 4.58. The number of rotatable bonds is 6. The molecule has 1 aliphatic carbocycles. The molecule has 0 bridgehead atoms. The Bertz CT molecular complexity index is 927. The van der Waals surface area contributed by atoms with Crippen molar-refractivity contribution in [2.24, 2.45) is 5.41 Å². The van der Waals surface area contributed by atoms with Crippen LogP contribution in [-0.2, 0) is 12.2 Å². The van der Waals surface area contributed by atoms with E-state index in [0.717, 1.165) is 33.1 Å². The number of hydrogen-bond acceptors (Lipinski definition) is 5. The monoisotopic (exact) mass is 433 g/mol. The van der Waals surface area contributed by atoms with E-state index in [9.17, 15) is 9.59 Å². The molecule has 0 radical (unpaired) electrons. The Morgan fingerprint density at radius 3 is 2.57 bits per heavy atom. The molecule has 6 heteroatoms. The fourth-order valence-corrected chi connectivity index (χ4v) is 5.93. The van der Waals surface area contributed by atoms with Gasteiger partial charge in [0.25, 0.3) is 0 Å². The molecule has 0 atom stereocenters. The summed E-state index contributed by atoms with van der Waals surface area (Å²) in [7, 11) is 3.77. The van der Waals surface area contributed by atoms with Crippen LogP contribution < -0.4 is 0 Å². The van der Waals surface area contributed by atoms with Gasteiger partial charge in [0.1, 0.15) is 0 Å². The van der Waals surface area contributed by atoms with Gasteiger partial charge < -0.3 is 4.90 Å². The normalized spacial score (nSPS) is 15.7. The van der Waals surface area contributed by atoms with Crippen LogP contribution in [0.1, 0.15) is 51.4 Å². The Balaban J connectivity index is 1.95. The van der Waals surface area contributed by atoms with Crippen molar-refractivity contribution < 1.29 is 9.59 Å². The minimum atomic E-state index is -0.121. The fourth-order valence-electron chi connectivity index (χ4n) is 3.28. The topological polar surface area (TPSA) is 37.4 Å². The van der Waals surface area contributed by atoms with Gasteiger partial charge in [-0.2, -0.15) is 0 Å². The van der Waals surface area contributed by atoms with Crippen molar-refractivity contribution in [2.45, 2.75) is 36.7 Å². The van der Waals surface area contributed by atoms with E-state index in [0.29, 0.717) is 16.3 Å². The van der Waals surface area contributed by atoms with Crippen LogP contribution >= 0.6 is 34.7 Å². The smallest absolute Gasteiger partial charge is 0.197 e. The number of ketones is 2. The summed E-state index contributed by atoms with van der Waals surface area (Å²) < 4.78 is 0.951. The lowest BCUT2D eigenvalue weighted by Gasteiger charge is -2.29. The molecule has 3 nitrogen and oxygen atoms in total. The average molecular weight is 434 g/mol. The number of halogens is 1. The maximum atomic E-state index is 12.9. The molecule has 148 valence electrons. The number of thiophene rings is 1. The molecule has 0 fully saturated rings. The fraction of sp³-hybridized carbons (Fsp3) is 0.364. The second-order valence-corrected chi connectivity index (χ2v) is 10.8. The first-order chi connectivity index (χ1) is 13.2. The van der Waals surface area contributed by atoms with Gasteiger partial charge in [0.15, 0.2) is 11.6 Å². The molecular formula is C22H24ClNO2S2. The lowest BCUT2D eigenvalue weighted by atomic mass is 9.74. The van der Waals surface area contributed by atoms with E-state index in [4.69, 9.17) is 11.6 Å². The number of hydrogen-bond donors (Lipinski definition) is 0. The maximum absolute atomic E-state index is 12.9. The summed E-state index contributed by atoms with van der Waals surface area (Å²) in [6.07, 6.45) is 4.62. The number of carbonyl (C=O) groups excluding carboxylic acids is 2. The van der Waals surface area contributed by atoms with Crippen molar-refractivity contribution in [1.82, 2.24) is 4.90 Å². The number of benzene rings is 1. The lowest BCUT2D eigenvalue weighted by Crippen LogP contribution is -2.27. The molecule has 0 unspecified atom stereocenters. The molecule has 0 saturated heterocycles. The lowest BCUT2D eigenvalue weighted by molar-refractivity contribution is 0.0910. The zero-order chi connectivity index (χ0) is 20.5. The molecule has 3 rings (SSSR count). The minimum Gasteiger partial charge on any atom is -0.383 e. The first-order valence-electron chi connectivity index (χ1n) is 9.11. The number of nitrogens with zero attached hydrogens (tertiary/aromatic N) is 1. The highest BCUT2D eigenvalue weighted by Gasteiger charge is 2.37. The van der Waals surface area contributed by atoms with Crippen molar-refractivity contribution in [1.29, 1.82) is 0 Å². The first kappa shape index (κ1) is 21.2. The number of fused-ring (bicyclic) bond motifs is 1. The van der Waals surface area contributed by atoms with Gasteiger partial charge in [0.2, 0.25) is 0 Å². The summed E-state index contributed by atoms with van der Waals surface area (Å²) >= 11 is 9.05. The van der Waals surface area contributed by atoms with Crippen LogP contribution in [-0.4, -0.2) is 30.6 Å². The predicted molar refractivity (Wildman–Crippen MR) is 119 cm³/mol. The van der Waals surface area contributed by atoms with Gasteiger partial charge in [0, 0.05) is 49.1 Å². The Morgan fingerprint density at radius 2 is 1.93 bits per heavy atom. The third kappa shape index (κ3) is 4.88. The molecule has 2 aromatic rings.